The molecule has 186 valence electrons. The minimum atomic E-state index is -3.14. The number of fused-ring (bicyclic) bond motifs is 1. The molecular formula is C23H27ClN6O4S. The Morgan fingerprint density at radius 3 is 2.57 bits per heavy atom. The molecule has 2 aromatic heterocycles. The van der Waals surface area contributed by atoms with E-state index in [2.05, 4.69) is 20.6 Å². The number of nitrogens with one attached hydrogen (secondary N) is 3. The number of H-pyrrole nitrogens is 1. The lowest BCUT2D eigenvalue weighted by Gasteiger charge is -2.32. The molecule has 0 radical (unpaired) electrons. The van der Waals surface area contributed by atoms with E-state index in [1.54, 1.807) is 29.7 Å². The summed E-state index contributed by atoms with van der Waals surface area (Å²) in [6.45, 7) is 0.953. The molecule has 1 aliphatic heterocycles. The van der Waals surface area contributed by atoms with Crippen LogP contribution in [0.4, 0.5) is 5.69 Å². The van der Waals surface area contributed by atoms with Crippen molar-refractivity contribution < 1.29 is 17.9 Å². The molecule has 2 aliphatic rings. The highest BCUT2D eigenvalue weighted by Gasteiger charge is 2.41. The van der Waals surface area contributed by atoms with Gasteiger partial charge in [0.05, 0.1) is 22.2 Å². The third-order valence-corrected chi connectivity index (χ3v) is 9.04. The highest BCUT2D eigenvalue weighted by molar-refractivity contribution is 7.90. The van der Waals surface area contributed by atoms with Crippen LogP contribution in [-0.4, -0.2) is 71.6 Å². The number of aromatic nitrogens is 3. The maximum absolute atomic E-state index is 12.5. The summed E-state index contributed by atoms with van der Waals surface area (Å²) in [5, 5.41) is 6.27. The second kappa shape index (κ2) is 9.63. The molecule has 1 aliphatic carbocycles. The van der Waals surface area contributed by atoms with Gasteiger partial charge in [0, 0.05) is 31.7 Å². The van der Waals surface area contributed by atoms with Crippen LogP contribution in [0, 0.1) is 0 Å². The van der Waals surface area contributed by atoms with Gasteiger partial charge < -0.3 is 20.4 Å². The highest BCUT2D eigenvalue weighted by atomic mass is 35.5. The van der Waals surface area contributed by atoms with Crippen molar-refractivity contribution in [3.63, 3.8) is 0 Å². The normalized spacial score (nSPS) is 17.4. The number of anilines is 1. The summed E-state index contributed by atoms with van der Waals surface area (Å²) in [6, 6.07) is 7.33. The van der Waals surface area contributed by atoms with Crippen molar-refractivity contribution in [2.75, 3.05) is 32.1 Å². The van der Waals surface area contributed by atoms with Gasteiger partial charge in [-0.15, -0.1) is 0 Å². The molecule has 2 fully saturated rings. The smallest absolute Gasteiger partial charge is 0.257 e. The molecule has 1 saturated carbocycles. The summed E-state index contributed by atoms with van der Waals surface area (Å²) in [5.41, 5.74) is 2.74. The average molecular weight is 519 g/mol. The molecule has 0 bridgehead atoms. The van der Waals surface area contributed by atoms with Gasteiger partial charge in [-0.05, 0) is 49.9 Å². The van der Waals surface area contributed by atoms with Crippen LogP contribution in [0.15, 0.2) is 30.5 Å². The number of rotatable bonds is 8. The number of carbonyl (C=O) groups excluding carboxylic acids is 1. The summed E-state index contributed by atoms with van der Waals surface area (Å²) in [4.78, 5) is 23.7. The number of benzene rings is 1. The third-order valence-electron chi connectivity index (χ3n) is 6.35. The fourth-order valence-electron chi connectivity index (χ4n) is 4.17. The third kappa shape index (κ3) is 5.07. The number of carbonyl (C=O) groups is 1. The van der Waals surface area contributed by atoms with Crippen molar-refractivity contribution in [3.05, 3.63) is 35.5 Å². The number of piperidine rings is 1. The number of aromatic amines is 1. The van der Waals surface area contributed by atoms with E-state index in [9.17, 15) is 13.2 Å². The number of hydrogen-bond acceptors (Lipinski definition) is 7. The van der Waals surface area contributed by atoms with E-state index in [0.717, 1.165) is 18.4 Å². The number of hydrogen-bond donors (Lipinski definition) is 3. The Balaban J connectivity index is 1.30. The predicted molar refractivity (Wildman–Crippen MR) is 134 cm³/mol. The zero-order valence-electron chi connectivity index (χ0n) is 19.3. The second-order valence-electron chi connectivity index (χ2n) is 8.81. The number of halogens is 1. The van der Waals surface area contributed by atoms with Gasteiger partial charge in [0.1, 0.15) is 17.1 Å². The van der Waals surface area contributed by atoms with Crippen LogP contribution in [0.5, 0.6) is 5.75 Å². The molecule has 3 aromatic rings. The summed E-state index contributed by atoms with van der Waals surface area (Å²) in [6.07, 6.45) is 4.52. The average Bonchev–Trinajstić information content (AvgIpc) is 3.65. The molecule has 3 heterocycles. The highest BCUT2D eigenvalue weighted by Crippen LogP contribution is 2.35. The molecule has 12 heteroatoms. The van der Waals surface area contributed by atoms with Crippen molar-refractivity contribution in [1.29, 1.82) is 0 Å². The van der Waals surface area contributed by atoms with Crippen LogP contribution < -0.4 is 15.4 Å². The van der Waals surface area contributed by atoms with E-state index < -0.39 is 10.0 Å². The first-order valence-electron chi connectivity index (χ1n) is 11.6. The number of sulfonamides is 1. The van der Waals surface area contributed by atoms with Crippen LogP contribution in [0.1, 0.15) is 25.7 Å². The molecule has 0 spiro atoms. The van der Waals surface area contributed by atoms with Gasteiger partial charge in [0.15, 0.2) is 12.3 Å². The lowest BCUT2D eigenvalue weighted by molar-refractivity contribution is -0.122. The SMILES string of the molecule is CNC(=O)COc1ccc(-c2nc3c(NC4CCN(S(=O)(=O)C5CC5)CC4)c(Cl)cnc3[nH]2)cc1. The minimum Gasteiger partial charge on any atom is -0.484 e. The van der Waals surface area contributed by atoms with Crippen molar-refractivity contribution >= 4 is 44.4 Å². The molecule has 0 unspecified atom stereocenters. The van der Waals surface area contributed by atoms with E-state index in [-0.39, 0.29) is 23.8 Å². The summed E-state index contributed by atoms with van der Waals surface area (Å²) in [7, 11) is -1.59. The van der Waals surface area contributed by atoms with Crippen LogP contribution in [0.25, 0.3) is 22.6 Å². The first kappa shape index (κ1) is 23.8. The molecule has 35 heavy (non-hydrogen) atoms. The molecule has 0 atom stereocenters. The van der Waals surface area contributed by atoms with Crippen LogP contribution in [0.3, 0.4) is 0 Å². The molecule has 5 rings (SSSR count). The largest absolute Gasteiger partial charge is 0.484 e. The first-order chi connectivity index (χ1) is 16.8. The zero-order chi connectivity index (χ0) is 24.6. The van der Waals surface area contributed by atoms with Gasteiger partial charge in [-0.2, -0.15) is 0 Å². The Morgan fingerprint density at radius 1 is 1.20 bits per heavy atom. The quantitative estimate of drug-likeness (QED) is 0.418. The van der Waals surface area contributed by atoms with Gasteiger partial charge in [-0.25, -0.2) is 22.7 Å². The number of ether oxygens (including phenoxy) is 1. The monoisotopic (exact) mass is 518 g/mol. The zero-order valence-corrected chi connectivity index (χ0v) is 20.8. The maximum atomic E-state index is 12.5. The van der Waals surface area contributed by atoms with Crippen molar-refractivity contribution in [3.8, 4) is 17.1 Å². The molecule has 1 saturated heterocycles. The summed E-state index contributed by atoms with van der Waals surface area (Å²) < 4.78 is 32.1. The van der Waals surface area contributed by atoms with Gasteiger partial charge in [0.25, 0.3) is 5.91 Å². The molecule has 1 aromatic carbocycles. The Hall–Kier alpha value is -2.89. The van der Waals surface area contributed by atoms with Crippen LogP contribution in [-0.2, 0) is 14.8 Å². The lowest BCUT2D eigenvalue weighted by atomic mass is 10.1. The van der Waals surface area contributed by atoms with Gasteiger partial charge >= 0.3 is 0 Å². The van der Waals surface area contributed by atoms with E-state index in [0.29, 0.717) is 59.4 Å². The Morgan fingerprint density at radius 2 is 1.91 bits per heavy atom. The number of pyridine rings is 1. The minimum absolute atomic E-state index is 0.0522. The Bertz CT molecular complexity index is 1330. The van der Waals surface area contributed by atoms with Crippen molar-refractivity contribution in [2.24, 2.45) is 0 Å². The summed E-state index contributed by atoms with van der Waals surface area (Å²) in [5.74, 6) is 0.998. The Labute approximate surface area is 208 Å². The van der Waals surface area contributed by atoms with Crippen LogP contribution >= 0.6 is 11.6 Å². The molecule has 1 amide bonds. The van der Waals surface area contributed by atoms with E-state index >= 15 is 0 Å². The van der Waals surface area contributed by atoms with Gasteiger partial charge in [-0.3, -0.25) is 4.79 Å². The van der Waals surface area contributed by atoms with Crippen molar-refractivity contribution in [2.45, 2.75) is 37.0 Å². The van der Waals surface area contributed by atoms with Gasteiger partial charge in [-0.1, -0.05) is 11.6 Å². The first-order valence-corrected chi connectivity index (χ1v) is 13.5. The number of likely N-dealkylation sites (N-methyl/N-ethyl adjacent to an activating group) is 1. The Kier molecular flexibility index (Phi) is 6.56. The van der Waals surface area contributed by atoms with E-state index in [1.807, 2.05) is 12.1 Å². The molecule has 3 N–H and O–H groups in total. The van der Waals surface area contributed by atoms with E-state index in [1.165, 1.54) is 0 Å². The maximum Gasteiger partial charge on any atom is 0.257 e. The topological polar surface area (TPSA) is 129 Å². The van der Waals surface area contributed by atoms with Gasteiger partial charge in [0.2, 0.25) is 10.0 Å². The summed E-state index contributed by atoms with van der Waals surface area (Å²) >= 11 is 6.49. The van der Waals surface area contributed by atoms with Crippen LogP contribution in [0.2, 0.25) is 5.02 Å². The predicted octanol–water partition coefficient (Wildman–Crippen LogP) is 2.77. The lowest BCUT2D eigenvalue weighted by Crippen LogP contribution is -2.43. The number of imidazole rings is 1. The standard InChI is InChI=1S/C23H27ClN6O4S/c1-25-19(31)13-34-16-4-2-14(3-5-16)22-28-21-20(18(24)12-26-23(21)29-22)27-15-8-10-30(11-9-15)35(32,33)17-6-7-17/h2-5,12,15,17H,6-11,13H2,1H3,(H,25,31)(H2,26,27,28,29). The van der Waals surface area contributed by atoms with Crippen molar-refractivity contribution in [1.82, 2.24) is 24.6 Å². The number of nitrogens with zero attached hydrogens (tertiary/aromatic N) is 3. The molecular weight excluding hydrogens is 492 g/mol. The van der Waals surface area contributed by atoms with E-state index in [4.69, 9.17) is 21.3 Å². The fourth-order valence-corrected chi connectivity index (χ4v) is 6.24. The number of amides is 1. The fraction of sp³-hybridized carbons (Fsp3) is 0.435. The second-order valence-corrected chi connectivity index (χ2v) is 11.4. The molecule has 10 nitrogen and oxygen atoms in total.